The minimum atomic E-state index is 0.709. The van der Waals surface area contributed by atoms with E-state index in [0.717, 1.165) is 24.5 Å². The van der Waals surface area contributed by atoms with Gasteiger partial charge in [0, 0.05) is 5.02 Å². The molecule has 1 atom stereocenters. The third-order valence-corrected chi connectivity index (χ3v) is 2.98. The van der Waals surface area contributed by atoms with Crippen LogP contribution in [0.5, 0.6) is 0 Å². The summed E-state index contributed by atoms with van der Waals surface area (Å²) in [6.45, 7) is 6.57. The maximum absolute atomic E-state index is 6.10. The van der Waals surface area contributed by atoms with Crippen LogP contribution in [0.2, 0.25) is 5.02 Å². The first-order chi connectivity index (χ1) is 7.24. The molecule has 0 bridgehead atoms. The number of hydrogen-bond acceptors (Lipinski definition) is 1. The second-order valence-corrected chi connectivity index (χ2v) is 4.45. The monoisotopic (exact) mass is 225 g/mol. The molecular weight excluding hydrogens is 206 g/mol. The van der Waals surface area contributed by atoms with Crippen LogP contribution in [0.1, 0.15) is 25.8 Å². The third kappa shape index (κ3) is 4.67. The first-order valence-electron chi connectivity index (χ1n) is 5.68. The van der Waals surface area contributed by atoms with Crippen molar-refractivity contribution in [1.29, 1.82) is 0 Å². The van der Waals surface area contributed by atoms with Crippen LogP contribution in [0.4, 0.5) is 0 Å². The van der Waals surface area contributed by atoms with Gasteiger partial charge >= 0.3 is 0 Å². The molecule has 0 radical (unpaired) electrons. The predicted molar refractivity (Wildman–Crippen MR) is 67.5 cm³/mol. The Balaban J connectivity index is 2.33. The quantitative estimate of drug-likeness (QED) is 0.781. The fourth-order valence-corrected chi connectivity index (χ4v) is 1.83. The molecule has 1 unspecified atom stereocenters. The fraction of sp³-hybridized carbons (Fsp3) is 0.538. The lowest BCUT2D eigenvalue weighted by atomic mass is 10.0. The van der Waals surface area contributed by atoms with Crippen LogP contribution in [-0.2, 0) is 6.42 Å². The molecule has 0 saturated heterocycles. The van der Waals surface area contributed by atoms with Crippen molar-refractivity contribution in [3.63, 3.8) is 0 Å². The van der Waals surface area contributed by atoms with Crippen molar-refractivity contribution in [2.24, 2.45) is 5.92 Å². The summed E-state index contributed by atoms with van der Waals surface area (Å²) >= 11 is 6.10. The Bertz CT molecular complexity index is 286. The van der Waals surface area contributed by atoms with Crippen molar-refractivity contribution in [3.05, 3.63) is 34.9 Å². The molecule has 0 aromatic heterocycles. The van der Waals surface area contributed by atoms with Gasteiger partial charge in [-0.2, -0.15) is 0 Å². The first kappa shape index (κ1) is 12.5. The molecule has 0 aliphatic heterocycles. The average molecular weight is 226 g/mol. The normalized spacial score (nSPS) is 12.7. The number of rotatable bonds is 6. The Morgan fingerprint density at radius 1 is 1.33 bits per heavy atom. The van der Waals surface area contributed by atoms with Gasteiger partial charge in [0.15, 0.2) is 0 Å². The van der Waals surface area contributed by atoms with E-state index >= 15 is 0 Å². The van der Waals surface area contributed by atoms with E-state index in [9.17, 15) is 0 Å². The van der Waals surface area contributed by atoms with Gasteiger partial charge in [-0.25, -0.2) is 0 Å². The van der Waals surface area contributed by atoms with E-state index in [0.29, 0.717) is 5.92 Å². The number of nitrogens with one attached hydrogen (secondary N) is 1. The van der Waals surface area contributed by atoms with Crippen molar-refractivity contribution < 1.29 is 0 Å². The van der Waals surface area contributed by atoms with Gasteiger partial charge in [0.05, 0.1) is 0 Å². The molecule has 1 aromatic rings. The van der Waals surface area contributed by atoms with Gasteiger partial charge in [0.1, 0.15) is 0 Å². The molecule has 1 N–H and O–H groups in total. The van der Waals surface area contributed by atoms with E-state index in [2.05, 4.69) is 31.3 Å². The number of aryl methyl sites for hydroxylation is 1. The second-order valence-electron chi connectivity index (χ2n) is 4.04. The van der Waals surface area contributed by atoms with Gasteiger partial charge in [-0.3, -0.25) is 0 Å². The summed E-state index contributed by atoms with van der Waals surface area (Å²) in [5.74, 6) is 0.709. The lowest BCUT2D eigenvalue weighted by Gasteiger charge is -2.12. The Morgan fingerprint density at radius 3 is 2.73 bits per heavy atom. The van der Waals surface area contributed by atoms with Crippen molar-refractivity contribution in [2.75, 3.05) is 13.1 Å². The van der Waals surface area contributed by atoms with Gasteiger partial charge in [-0.05, 0) is 43.5 Å². The molecule has 1 rings (SSSR count). The molecule has 0 heterocycles. The van der Waals surface area contributed by atoms with Crippen LogP contribution in [0, 0.1) is 5.92 Å². The molecule has 2 heteroatoms. The van der Waals surface area contributed by atoms with Crippen LogP contribution in [0.3, 0.4) is 0 Å². The van der Waals surface area contributed by atoms with E-state index < -0.39 is 0 Å². The number of halogens is 1. The van der Waals surface area contributed by atoms with Crippen LogP contribution in [0.25, 0.3) is 0 Å². The zero-order valence-electron chi connectivity index (χ0n) is 9.59. The van der Waals surface area contributed by atoms with Crippen molar-refractivity contribution in [2.45, 2.75) is 26.7 Å². The Morgan fingerprint density at radius 2 is 2.07 bits per heavy atom. The van der Waals surface area contributed by atoms with E-state index in [1.165, 1.54) is 12.0 Å². The molecule has 0 spiro atoms. The summed E-state index contributed by atoms with van der Waals surface area (Å²) in [5, 5.41) is 4.26. The summed E-state index contributed by atoms with van der Waals surface area (Å²) in [4.78, 5) is 0. The molecule has 0 fully saturated rings. The largest absolute Gasteiger partial charge is 0.317 e. The topological polar surface area (TPSA) is 12.0 Å². The maximum Gasteiger partial charge on any atom is 0.0437 e. The minimum Gasteiger partial charge on any atom is -0.317 e. The van der Waals surface area contributed by atoms with E-state index in [1.54, 1.807) is 0 Å². The van der Waals surface area contributed by atoms with Crippen molar-refractivity contribution in [3.8, 4) is 0 Å². The summed E-state index contributed by atoms with van der Waals surface area (Å²) in [5.41, 5.74) is 1.27. The van der Waals surface area contributed by atoms with Gasteiger partial charge in [0.25, 0.3) is 0 Å². The average Bonchev–Trinajstić information content (AvgIpc) is 2.25. The highest BCUT2D eigenvalue weighted by molar-refractivity contribution is 6.31. The molecule has 84 valence electrons. The zero-order valence-corrected chi connectivity index (χ0v) is 10.3. The summed E-state index contributed by atoms with van der Waals surface area (Å²) in [6.07, 6.45) is 2.27. The number of hydrogen-bond donors (Lipinski definition) is 1. The standard InChI is InChI=1S/C13H20ClN/c1-3-15-10-11(2)8-9-12-6-4-5-7-13(12)14/h4-7,11,15H,3,8-10H2,1-2H3. The zero-order chi connectivity index (χ0) is 11.1. The van der Waals surface area contributed by atoms with Gasteiger partial charge in [0.2, 0.25) is 0 Å². The molecule has 1 aromatic carbocycles. The molecule has 0 aliphatic carbocycles. The van der Waals surface area contributed by atoms with Gasteiger partial charge in [-0.1, -0.05) is 43.6 Å². The molecule has 0 saturated carbocycles. The highest BCUT2D eigenvalue weighted by Gasteiger charge is 2.03. The van der Waals surface area contributed by atoms with E-state index in [-0.39, 0.29) is 0 Å². The van der Waals surface area contributed by atoms with Gasteiger partial charge < -0.3 is 5.32 Å². The SMILES string of the molecule is CCNCC(C)CCc1ccccc1Cl. The predicted octanol–water partition coefficient (Wildman–Crippen LogP) is 3.52. The third-order valence-electron chi connectivity index (χ3n) is 2.61. The lowest BCUT2D eigenvalue weighted by Crippen LogP contribution is -2.20. The maximum atomic E-state index is 6.10. The minimum absolute atomic E-state index is 0.709. The van der Waals surface area contributed by atoms with E-state index in [4.69, 9.17) is 11.6 Å². The van der Waals surface area contributed by atoms with Gasteiger partial charge in [-0.15, -0.1) is 0 Å². The Kier molecular flexibility index (Phi) is 5.74. The summed E-state index contributed by atoms with van der Waals surface area (Å²) < 4.78 is 0. The van der Waals surface area contributed by atoms with Crippen LogP contribution < -0.4 is 5.32 Å². The first-order valence-corrected chi connectivity index (χ1v) is 6.06. The molecule has 15 heavy (non-hydrogen) atoms. The fourth-order valence-electron chi connectivity index (χ4n) is 1.60. The summed E-state index contributed by atoms with van der Waals surface area (Å²) in [6, 6.07) is 8.11. The molecule has 0 aliphatic rings. The summed E-state index contributed by atoms with van der Waals surface area (Å²) in [7, 11) is 0. The van der Waals surface area contributed by atoms with Crippen LogP contribution >= 0.6 is 11.6 Å². The van der Waals surface area contributed by atoms with Crippen molar-refractivity contribution in [1.82, 2.24) is 5.32 Å². The molecule has 1 nitrogen and oxygen atoms in total. The van der Waals surface area contributed by atoms with Crippen molar-refractivity contribution >= 4 is 11.6 Å². The smallest absolute Gasteiger partial charge is 0.0437 e. The van der Waals surface area contributed by atoms with Crippen LogP contribution in [-0.4, -0.2) is 13.1 Å². The highest BCUT2D eigenvalue weighted by Crippen LogP contribution is 2.18. The molecule has 0 amide bonds. The molecular formula is C13H20ClN. The van der Waals surface area contributed by atoms with Crippen LogP contribution in [0.15, 0.2) is 24.3 Å². The Labute approximate surface area is 97.8 Å². The number of benzene rings is 1. The Hall–Kier alpha value is -0.530. The lowest BCUT2D eigenvalue weighted by molar-refractivity contribution is 0.489. The highest BCUT2D eigenvalue weighted by atomic mass is 35.5. The second kappa shape index (κ2) is 6.86. The van der Waals surface area contributed by atoms with E-state index in [1.807, 2.05) is 12.1 Å².